The van der Waals surface area contributed by atoms with E-state index in [1.54, 1.807) is 11.3 Å². The lowest BCUT2D eigenvalue weighted by molar-refractivity contribution is 0.298. The first kappa shape index (κ1) is 15.5. The first-order valence-corrected chi connectivity index (χ1v) is 8.33. The van der Waals surface area contributed by atoms with E-state index in [0.29, 0.717) is 6.61 Å². The number of hydrogen-bond donors (Lipinski definition) is 1. The SMILES string of the molecule is CCC(N)Cc1cc(Br)ccc1OCc1csc(C)n1. The Labute approximate surface area is 132 Å². The fourth-order valence-corrected chi connectivity index (χ4v) is 2.91. The van der Waals surface area contributed by atoms with Gasteiger partial charge in [-0.3, -0.25) is 0 Å². The van der Waals surface area contributed by atoms with Gasteiger partial charge < -0.3 is 10.5 Å². The predicted octanol–water partition coefficient (Wildman–Crippen LogP) is 4.07. The van der Waals surface area contributed by atoms with Gasteiger partial charge in [0.1, 0.15) is 12.4 Å². The van der Waals surface area contributed by atoms with Crippen LogP contribution in [0.1, 0.15) is 29.6 Å². The van der Waals surface area contributed by atoms with E-state index < -0.39 is 0 Å². The lowest BCUT2D eigenvalue weighted by atomic mass is 10.0. The fourth-order valence-electron chi connectivity index (χ4n) is 1.90. The van der Waals surface area contributed by atoms with E-state index in [1.807, 2.05) is 24.4 Å². The first-order chi connectivity index (χ1) is 9.58. The van der Waals surface area contributed by atoms with Gasteiger partial charge in [-0.25, -0.2) is 4.98 Å². The number of aromatic nitrogens is 1. The molecule has 1 aromatic heterocycles. The number of nitrogens with two attached hydrogens (primary N) is 1. The minimum Gasteiger partial charge on any atom is -0.487 e. The van der Waals surface area contributed by atoms with Gasteiger partial charge in [-0.1, -0.05) is 22.9 Å². The number of rotatable bonds is 6. The molecule has 0 spiro atoms. The summed E-state index contributed by atoms with van der Waals surface area (Å²) < 4.78 is 6.95. The number of halogens is 1. The molecule has 2 rings (SSSR count). The molecule has 0 saturated heterocycles. The average Bonchev–Trinajstić information content (AvgIpc) is 2.83. The third-order valence-corrected chi connectivity index (χ3v) is 4.39. The van der Waals surface area contributed by atoms with Crippen LogP contribution in [0.5, 0.6) is 5.75 Å². The molecule has 0 aliphatic rings. The normalized spacial score (nSPS) is 12.4. The van der Waals surface area contributed by atoms with Gasteiger partial charge in [0, 0.05) is 15.9 Å². The molecule has 0 bridgehead atoms. The van der Waals surface area contributed by atoms with Crippen LogP contribution in [0.2, 0.25) is 0 Å². The minimum atomic E-state index is 0.160. The maximum atomic E-state index is 6.05. The van der Waals surface area contributed by atoms with E-state index in [4.69, 9.17) is 10.5 Å². The fraction of sp³-hybridized carbons (Fsp3) is 0.400. The van der Waals surface area contributed by atoms with Crippen LogP contribution in [0.25, 0.3) is 0 Å². The summed E-state index contributed by atoms with van der Waals surface area (Å²) in [4.78, 5) is 4.41. The Kier molecular flexibility index (Phi) is 5.57. The summed E-state index contributed by atoms with van der Waals surface area (Å²) in [5.41, 5.74) is 8.17. The zero-order chi connectivity index (χ0) is 14.5. The molecule has 20 heavy (non-hydrogen) atoms. The molecule has 2 aromatic rings. The molecule has 1 heterocycles. The highest BCUT2D eigenvalue weighted by molar-refractivity contribution is 9.10. The van der Waals surface area contributed by atoms with Gasteiger partial charge in [0.05, 0.1) is 10.7 Å². The van der Waals surface area contributed by atoms with Gasteiger partial charge in [0.15, 0.2) is 0 Å². The van der Waals surface area contributed by atoms with Gasteiger partial charge in [-0.05, 0) is 43.5 Å². The quantitative estimate of drug-likeness (QED) is 0.850. The Morgan fingerprint density at radius 1 is 1.45 bits per heavy atom. The summed E-state index contributed by atoms with van der Waals surface area (Å²) in [6.07, 6.45) is 1.78. The molecule has 1 atom stereocenters. The van der Waals surface area contributed by atoms with E-state index in [0.717, 1.165) is 39.3 Å². The minimum absolute atomic E-state index is 0.160. The lowest BCUT2D eigenvalue weighted by Gasteiger charge is -2.14. The van der Waals surface area contributed by atoms with Crippen molar-refractivity contribution in [1.29, 1.82) is 0 Å². The van der Waals surface area contributed by atoms with Crippen LogP contribution >= 0.6 is 27.3 Å². The first-order valence-electron chi connectivity index (χ1n) is 6.66. The Hall–Kier alpha value is -0.910. The third-order valence-electron chi connectivity index (χ3n) is 3.07. The van der Waals surface area contributed by atoms with E-state index in [9.17, 15) is 0 Å². The Bertz CT molecular complexity index is 571. The van der Waals surface area contributed by atoms with Crippen molar-refractivity contribution >= 4 is 27.3 Å². The highest BCUT2D eigenvalue weighted by atomic mass is 79.9. The molecule has 5 heteroatoms. The Morgan fingerprint density at radius 2 is 2.25 bits per heavy atom. The highest BCUT2D eigenvalue weighted by Crippen LogP contribution is 2.25. The Morgan fingerprint density at radius 3 is 2.90 bits per heavy atom. The van der Waals surface area contributed by atoms with Crippen molar-refractivity contribution in [3.8, 4) is 5.75 Å². The van der Waals surface area contributed by atoms with Gasteiger partial charge in [0.2, 0.25) is 0 Å². The molecule has 1 aromatic carbocycles. The topological polar surface area (TPSA) is 48.1 Å². The van der Waals surface area contributed by atoms with Crippen molar-refractivity contribution < 1.29 is 4.74 Å². The summed E-state index contributed by atoms with van der Waals surface area (Å²) in [5.74, 6) is 0.891. The second kappa shape index (κ2) is 7.20. The molecule has 0 saturated carbocycles. The van der Waals surface area contributed by atoms with Crippen LogP contribution in [-0.2, 0) is 13.0 Å². The van der Waals surface area contributed by atoms with Gasteiger partial charge in [-0.2, -0.15) is 0 Å². The lowest BCUT2D eigenvalue weighted by Crippen LogP contribution is -2.21. The second-order valence-corrected chi connectivity index (χ2v) is 6.75. The molecule has 3 nitrogen and oxygen atoms in total. The summed E-state index contributed by atoms with van der Waals surface area (Å²) in [6, 6.07) is 6.22. The number of nitrogens with zero attached hydrogens (tertiary/aromatic N) is 1. The molecular weight excluding hydrogens is 336 g/mol. The van der Waals surface area contributed by atoms with Crippen LogP contribution in [0.3, 0.4) is 0 Å². The number of hydrogen-bond acceptors (Lipinski definition) is 4. The van der Waals surface area contributed by atoms with Gasteiger partial charge in [-0.15, -0.1) is 11.3 Å². The molecule has 0 fully saturated rings. The van der Waals surface area contributed by atoms with Gasteiger partial charge in [0.25, 0.3) is 0 Å². The molecule has 0 aliphatic heterocycles. The molecule has 0 amide bonds. The summed E-state index contributed by atoms with van der Waals surface area (Å²) in [5, 5.41) is 3.10. The van der Waals surface area contributed by atoms with Crippen LogP contribution in [0.15, 0.2) is 28.1 Å². The maximum absolute atomic E-state index is 6.05. The van der Waals surface area contributed by atoms with E-state index in [2.05, 4.69) is 33.9 Å². The van der Waals surface area contributed by atoms with Crippen LogP contribution in [-0.4, -0.2) is 11.0 Å². The van der Waals surface area contributed by atoms with Gasteiger partial charge >= 0.3 is 0 Å². The number of benzene rings is 1. The average molecular weight is 355 g/mol. The number of aryl methyl sites for hydroxylation is 1. The molecular formula is C15H19BrN2OS. The third kappa shape index (κ3) is 4.30. The van der Waals surface area contributed by atoms with Crippen molar-refractivity contribution in [2.45, 2.75) is 39.3 Å². The Balaban J connectivity index is 2.09. The van der Waals surface area contributed by atoms with E-state index >= 15 is 0 Å². The number of ether oxygens (including phenoxy) is 1. The van der Waals surface area contributed by atoms with E-state index in [-0.39, 0.29) is 6.04 Å². The highest BCUT2D eigenvalue weighted by Gasteiger charge is 2.09. The summed E-state index contributed by atoms with van der Waals surface area (Å²) in [7, 11) is 0. The van der Waals surface area contributed by atoms with Crippen molar-refractivity contribution in [3.63, 3.8) is 0 Å². The van der Waals surface area contributed by atoms with Crippen LogP contribution < -0.4 is 10.5 Å². The predicted molar refractivity (Wildman–Crippen MR) is 87.3 cm³/mol. The van der Waals surface area contributed by atoms with Crippen molar-refractivity contribution in [2.24, 2.45) is 5.73 Å². The zero-order valence-electron chi connectivity index (χ0n) is 11.7. The van der Waals surface area contributed by atoms with Crippen LogP contribution in [0, 0.1) is 6.92 Å². The smallest absolute Gasteiger partial charge is 0.131 e. The molecule has 1 unspecified atom stereocenters. The molecule has 2 N–H and O–H groups in total. The van der Waals surface area contributed by atoms with Crippen molar-refractivity contribution in [2.75, 3.05) is 0 Å². The molecule has 0 radical (unpaired) electrons. The van der Waals surface area contributed by atoms with Crippen molar-refractivity contribution in [1.82, 2.24) is 4.98 Å². The van der Waals surface area contributed by atoms with E-state index in [1.165, 1.54) is 0 Å². The summed E-state index contributed by atoms with van der Waals surface area (Å²) in [6.45, 7) is 4.60. The van der Waals surface area contributed by atoms with Crippen LogP contribution in [0.4, 0.5) is 0 Å². The standard InChI is InChI=1S/C15H19BrN2OS/c1-3-13(17)7-11-6-12(16)4-5-15(11)19-8-14-9-20-10(2)18-14/h4-6,9,13H,3,7-8,17H2,1-2H3. The number of thiazole rings is 1. The summed E-state index contributed by atoms with van der Waals surface area (Å²) >= 11 is 5.14. The second-order valence-electron chi connectivity index (χ2n) is 4.77. The molecule has 0 aliphatic carbocycles. The zero-order valence-corrected chi connectivity index (χ0v) is 14.1. The maximum Gasteiger partial charge on any atom is 0.131 e. The largest absolute Gasteiger partial charge is 0.487 e. The molecule has 108 valence electrons. The van der Waals surface area contributed by atoms with Crippen molar-refractivity contribution in [3.05, 3.63) is 44.3 Å². The monoisotopic (exact) mass is 354 g/mol.